The Morgan fingerprint density at radius 3 is 2.59 bits per heavy atom. The fourth-order valence-corrected chi connectivity index (χ4v) is 4.68. The van der Waals surface area contributed by atoms with Gasteiger partial charge in [-0.15, -0.1) is 11.3 Å². The van der Waals surface area contributed by atoms with E-state index in [-0.39, 0.29) is 11.8 Å². The van der Waals surface area contributed by atoms with Crippen molar-refractivity contribution in [1.82, 2.24) is 9.88 Å². The standard InChI is InChI=1S/C20H17N3O4S2/c1-27-19(26)13-6-4-12(5-7-13)18(25)23-9-8-14-16(11-23)29-20(21-14)22-17(24)15-3-2-10-28-15/h2-7,10H,8-9,11H2,1H3,(H,21,22,24). The minimum atomic E-state index is -0.437. The van der Waals surface area contributed by atoms with Crippen molar-refractivity contribution >= 4 is 45.6 Å². The Morgan fingerprint density at radius 1 is 1.14 bits per heavy atom. The number of benzene rings is 1. The Balaban J connectivity index is 1.44. The Labute approximate surface area is 175 Å². The molecule has 0 aliphatic carbocycles. The molecule has 0 radical (unpaired) electrons. The summed E-state index contributed by atoms with van der Waals surface area (Å²) in [6.45, 7) is 0.992. The Bertz CT molecular complexity index is 1060. The first-order chi connectivity index (χ1) is 14.0. The lowest BCUT2D eigenvalue weighted by Crippen LogP contribution is -2.35. The summed E-state index contributed by atoms with van der Waals surface area (Å²) in [6.07, 6.45) is 0.632. The Hall–Kier alpha value is -3.04. The van der Waals surface area contributed by atoms with Crippen molar-refractivity contribution in [2.75, 3.05) is 19.0 Å². The number of aromatic nitrogens is 1. The van der Waals surface area contributed by atoms with Crippen LogP contribution in [0.2, 0.25) is 0 Å². The zero-order valence-electron chi connectivity index (χ0n) is 15.5. The summed E-state index contributed by atoms with van der Waals surface area (Å²) < 4.78 is 4.68. The molecule has 0 spiro atoms. The number of hydrogen-bond acceptors (Lipinski definition) is 7. The van der Waals surface area contributed by atoms with Crippen LogP contribution < -0.4 is 5.32 Å². The third-order valence-corrected chi connectivity index (χ3v) is 6.40. The highest BCUT2D eigenvalue weighted by atomic mass is 32.1. The molecule has 29 heavy (non-hydrogen) atoms. The molecule has 1 aliphatic rings. The molecule has 2 amide bonds. The van der Waals surface area contributed by atoms with Crippen LogP contribution in [-0.2, 0) is 17.7 Å². The number of hydrogen-bond donors (Lipinski definition) is 1. The first-order valence-electron chi connectivity index (χ1n) is 8.86. The van der Waals surface area contributed by atoms with Crippen LogP contribution in [0.1, 0.15) is 41.0 Å². The second kappa shape index (κ2) is 8.14. The zero-order chi connectivity index (χ0) is 20.4. The van der Waals surface area contributed by atoms with Gasteiger partial charge in [-0.1, -0.05) is 17.4 Å². The maximum Gasteiger partial charge on any atom is 0.337 e. The van der Waals surface area contributed by atoms with Crippen molar-refractivity contribution in [2.45, 2.75) is 13.0 Å². The number of rotatable bonds is 4. The fourth-order valence-electron chi connectivity index (χ4n) is 3.04. The molecular formula is C20H17N3O4S2. The third kappa shape index (κ3) is 4.06. The van der Waals surface area contributed by atoms with Gasteiger partial charge in [-0.3, -0.25) is 14.9 Å². The zero-order valence-corrected chi connectivity index (χ0v) is 17.1. The Morgan fingerprint density at radius 2 is 1.90 bits per heavy atom. The van der Waals surface area contributed by atoms with Gasteiger partial charge in [0, 0.05) is 23.4 Å². The number of carbonyl (C=O) groups is 3. The van der Waals surface area contributed by atoms with E-state index < -0.39 is 5.97 Å². The van der Waals surface area contributed by atoms with E-state index in [0.717, 1.165) is 10.6 Å². The normalized spacial score (nSPS) is 12.9. The van der Waals surface area contributed by atoms with E-state index >= 15 is 0 Å². The molecular weight excluding hydrogens is 410 g/mol. The second-order valence-electron chi connectivity index (χ2n) is 6.37. The van der Waals surface area contributed by atoms with E-state index in [2.05, 4.69) is 15.0 Å². The largest absolute Gasteiger partial charge is 0.465 e. The number of ether oxygens (including phenoxy) is 1. The quantitative estimate of drug-likeness (QED) is 0.645. The van der Waals surface area contributed by atoms with Crippen molar-refractivity contribution in [1.29, 1.82) is 0 Å². The predicted octanol–water partition coefficient (Wildman–Crippen LogP) is 3.44. The average molecular weight is 428 g/mol. The molecule has 1 aliphatic heterocycles. The van der Waals surface area contributed by atoms with Crippen LogP contribution in [-0.4, -0.2) is 41.3 Å². The van der Waals surface area contributed by atoms with Crippen LogP contribution in [0.15, 0.2) is 41.8 Å². The molecule has 0 unspecified atom stereocenters. The topological polar surface area (TPSA) is 88.6 Å². The van der Waals surface area contributed by atoms with Crippen molar-refractivity contribution in [3.05, 3.63) is 68.4 Å². The van der Waals surface area contributed by atoms with Crippen LogP contribution in [0.3, 0.4) is 0 Å². The number of esters is 1. The van der Waals surface area contributed by atoms with E-state index in [1.807, 2.05) is 11.4 Å². The van der Waals surface area contributed by atoms with Crippen molar-refractivity contribution in [3.8, 4) is 0 Å². The van der Waals surface area contributed by atoms with Crippen LogP contribution in [0.5, 0.6) is 0 Å². The summed E-state index contributed by atoms with van der Waals surface area (Å²) >= 11 is 2.77. The maximum absolute atomic E-state index is 12.8. The first-order valence-corrected chi connectivity index (χ1v) is 10.6. The van der Waals surface area contributed by atoms with Gasteiger partial charge < -0.3 is 9.64 Å². The first kappa shape index (κ1) is 19.3. The molecule has 3 aromatic rings. The lowest BCUT2D eigenvalue weighted by Gasteiger charge is -2.26. The molecule has 4 rings (SSSR count). The highest BCUT2D eigenvalue weighted by Gasteiger charge is 2.25. The van der Waals surface area contributed by atoms with Gasteiger partial charge in [-0.2, -0.15) is 0 Å². The average Bonchev–Trinajstić information content (AvgIpc) is 3.41. The summed E-state index contributed by atoms with van der Waals surface area (Å²) in [4.78, 5) is 44.4. The number of fused-ring (bicyclic) bond motifs is 1. The van der Waals surface area contributed by atoms with E-state index in [1.54, 1.807) is 35.2 Å². The van der Waals surface area contributed by atoms with E-state index in [9.17, 15) is 14.4 Å². The summed E-state index contributed by atoms with van der Waals surface area (Å²) in [7, 11) is 1.32. The van der Waals surface area contributed by atoms with Crippen LogP contribution in [0, 0.1) is 0 Å². The highest BCUT2D eigenvalue weighted by molar-refractivity contribution is 7.16. The molecule has 0 fully saturated rings. The number of nitrogens with one attached hydrogen (secondary N) is 1. The number of thiazole rings is 1. The predicted molar refractivity (Wildman–Crippen MR) is 111 cm³/mol. The lowest BCUT2D eigenvalue weighted by molar-refractivity contribution is 0.0599. The van der Waals surface area contributed by atoms with E-state index in [1.165, 1.54) is 29.8 Å². The van der Waals surface area contributed by atoms with Gasteiger partial charge in [0.1, 0.15) is 0 Å². The molecule has 0 saturated carbocycles. The molecule has 2 aromatic heterocycles. The van der Waals surface area contributed by atoms with E-state index in [0.29, 0.717) is 40.6 Å². The summed E-state index contributed by atoms with van der Waals surface area (Å²) in [5, 5.41) is 5.23. The molecule has 7 nitrogen and oxygen atoms in total. The number of carbonyl (C=O) groups excluding carboxylic acids is 3. The molecule has 3 heterocycles. The summed E-state index contributed by atoms with van der Waals surface area (Å²) in [5.41, 5.74) is 1.83. The van der Waals surface area contributed by atoms with Gasteiger partial charge in [-0.05, 0) is 35.7 Å². The summed E-state index contributed by atoms with van der Waals surface area (Å²) in [6, 6.07) is 10.0. The molecule has 0 atom stereocenters. The van der Waals surface area contributed by atoms with Gasteiger partial charge in [0.15, 0.2) is 5.13 Å². The van der Waals surface area contributed by atoms with Crippen LogP contribution in [0.4, 0.5) is 5.13 Å². The number of amides is 2. The summed E-state index contributed by atoms with van der Waals surface area (Å²) in [5.74, 6) is -0.720. The minimum absolute atomic E-state index is 0.107. The monoisotopic (exact) mass is 427 g/mol. The van der Waals surface area contributed by atoms with Crippen LogP contribution in [0.25, 0.3) is 0 Å². The molecule has 1 N–H and O–H groups in total. The van der Waals surface area contributed by atoms with Gasteiger partial charge in [0.2, 0.25) is 0 Å². The number of methoxy groups -OCH3 is 1. The second-order valence-corrected chi connectivity index (χ2v) is 8.40. The van der Waals surface area contributed by atoms with Crippen LogP contribution >= 0.6 is 22.7 Å². The highest BCUT2D eigenvalue weighted by Crippen LogP contribution is 2.29. The van der Waals surface area contributed by atoms with E-state index in [4.69, 9.17) is 0 Å². The number of anilines is 1. The maximum atomic E-state index is 12.8. The number of nitrogens with zero attached hydrogens (tertiary/aromatic N) is 2. The van der Waals surface area contributed by atoms with Gasteiger partial charge in [0.05, 0.1) is 29.8 Å². The van der Waals surface area contributed by atoms with Crippen molar-refractivity contribution < 1.29 is 19.1 Å². The minimum Gasteiger partial charge on any atom is -0.465 e. The molecule has 9 heteroatoms. The third-order valence-electron chi connectivity index (χ3n) is 4.54. The fraction of sp³-hybridized carbons (Fsp3) is 0.200. The lowest BCUT2D eigenvalue weighted by atomic mass is 10.1. The van der Waals surface area contributed by atoms with Crippen molar-refractivity contribution in [2.24, 2.45) is 0 Å². The van der Waals surface area contributed by atoms with Gasteiger partial charge >= 0.3 is 5.97 Å². The molecule has 148 valence electrons. The molecule has 1 aromatic carbocycles. The molecule has 0 bridgehead atoms. The molecule has 0 saturated heterocycles. The van der Waals surface area contributed by atoms with Crippen molar-refractivity contribution in [3.63, 3.8) is 0 Å². The van der Waals surface area contributed by atoms with Gasteiger partial charge in [0.25, 0.3) is 11.8 Å². The smallest absolute Gasteiger partial charge is 0.337 e. The Kier molecular flexibility index (Phi) is 5.41. The number of thiophene rings is 1. The SMILES string of the molecule is COC(=O)c1ccc(C(=O)N2CCc3nc(NC(=O)c4cccs4)sc3C2)cc1. The van der Waals surface area contributed by atoms with Gasteiger partial charge in [-0.25, -0.2) is 9.78 Å².